The summed E-state index contributed by atoms with van der Waals surface area (Å²) in [6, 6.07) is 8.74. The lowest BCUT2D eigenvalue weighted by Crippen LogP contribution is -2.40. The van der Waals surface area contributed by atoms with Gasteiger partial charge in [0, 0.05) is 19.2 Å². The second-order valence-corrected chi connectivity index (χ2v) is 9.38. The Labute approximate surface area is 165 Å². The van der Waals surface area contributed by atoms with Crippen molar-refractivity contribution in [1.82, 2.24) is 9.46 Å². The van der Waals surface area contributed by atoms with Gasteiger partial charge in [0.25, 0.3) is 0 Å². The van der Waals surface area contributed by atoms with Crippen LogP contribution in [0.15, 0.2) is 39.8 Å². The normalized spacial score (nSPS) is 16.4. The van der Waals surface area contributed by atoms with Gasteiger partial charge >= 0.3 is 5.97 Å². The first-order chi connectivity index (χ1) is 13.3. The number of hydrogen-bond donors (Lipinski definition) is 0. The van der Waals surface area contributed by atoms with Crippen LogP contribution in [-0.2, 0) is 26.2 Å². The fraction of sp³-hybridized carbons (Fsp3) is 0.500. The molecule has 1 aromatic carbocycles. The molecule has 0 atom stereocenters. The third kappa shape index (κ3) is 4.62. The zero-order chi connectivity index (χ0) is 20.3. The van der Waals surface area contributed by atoms with Gasteiger partial charge in [0.1, 0.15) is 18.1 Å². The standard InChI is InChI=1S/C20H26N2O5S/c1-14(2)16-4-6-19(7-5-16)28(24,25)22-10-8-17(9-11-22)20(23)26-13-18-12-15(3)27-21-18/h4-7,12,14,17H,8-11,13H2,1-3H3. The Kier molecular flexibility index (Phi) is 6.20. The summed E-state index contributed by atoms with van der Waals surface area (Å²) in [5.74, 6) is 0.382. The van der Waals surface area contributed by atoms with Gasteiger partial charge in [-0.05, 0) is 43.4 Å². The highest BCUT2D eigenvalue weighted by atomic mass is 32.2. The number of piperidine rings is 1. The van der Waals surface area contributed by atoms with Crippen molar-refractivity contribution in [3.05, 3.63) is 47.3 Å². The predicted octanol–water partition coefficient (Wildman–Crippen LogP) is 3.25. The number of ether oxygens (including phenoxy) is 1. The number of carbonyl (C=O) groups is 1. The van der Waals surface area contributed by atoms with Crippen LogP contribution in [-0.4, -0.2) is 36.9 Å². The van der Waals surface area contributed by atoms with E-state index in [4.69, 9.17) is 9.26 Å². The molecule has 2 aromatic rings. The van der Waals surface area contributed by atoms with Crippen LogP contribution in [0.3, 0.4) is 0 Å². The summed E-state index contributed by atoms with van der Waals surface area (Å²) in [5, 5.41) is 3.79. The number of benzene rings is 1. The third-order valence-electron chi connectivity index (χ3n) is 5.01. The van der Waals surface area contributed by atoms with Crippen LogP contribution in [0.4, 0.5) is 0 Å². The van der Waals surface area contributed by atoms with Crippen molar-refractivity contribution in [3.63, 3.8) is 0 Å². The van der Waals surface area contributed by atoms with Gasteiger partial charge in [0.2, 0.25) is 10.0 Å². The smallest absolute Gasteiger partial charge is 0.309 e. The molecule has 0 radical (unpaired) electrons. The number of aryl methyl sites for hydroxylation is 1. The third-order valence-corrected chi connectivity index (χ3v) is 6.92. The first kappa shape index (κ1) is 20.5. The topological polar surface area (TPSA) is 89.7 Å². The summed E-state index contributed by atoms with van der Waals surface area (Å²) >= 11 is 0. The molecule has 3 rings (SSSR count). The number of sulfonamides is 1. The highest BCUT2D eigenvalue weighted by Gasteiger charge is 2.32. The number of hydrogen-bond acceptors (Lipinski definition) is 6. The summed E-state index contributed by atoms with van der Waals surface area (Å²) in [7, 11) is -3.55. The van der Waals surface area contributed by atoms with Crippen LogP contribution < -0.4 is 0 Å². The molecule has 1 aromatic heterocycles. The lowest BCUT2D eigenvalue weighted by Gasteiger charge is -2.30. The van der Waals surface area contributed by atoms with Crippen molar-refractivity contribution in [2.24, 2.45) is 5.92 Å². The molecule has 28 heavy (non-hydrogen) atoms. The highest BCUT2D eigenvalue weighted by Crippen LogP contribution is 2.26. The van der Waals surface area contributed by atoms with Crippen LogP contribution in [0.2, 0.25) is 0 Å². The van der Waals surface area contributed by atoms with Gasteiger partial charge in [-0.1, -0.05) is 31.1 Å². The quantitative estimate of drug-likeness (QED) is 0.684. The van der Waals surface area contributed by atoms with E-state index >= 15 is 0 Å². The molecule has 1 aliphatic heterocycles. The van der Waals surface area contributed by atoms with Crippen LogP contribution >= 0.6 is 0 Å². The minimum atomic E-state index is -3.55. The fourth-order valence-electron chi connectivity index (χ4n) is 3.25. The van der Waals surface area contributed by atoms with Crippen LogP contribution in [0.5, 0.6) is 0 Å². The number of carbonyl (C=O) groups excluding carboxylic acids is 1. The molecule has 1 saturated heterocycles. The number of nitrogens with zero attached hydrogens (tertiary/aromatic N) is 2. The zero-order valence-corrected chi connectivity index (χ0v) is 17.2. The Morgan fingerprint density at radius 3 is 2.43 bits per heavy atom. The summed E-state index contributed by atoms with van der Waals surface area (Å²) in [4.78, 5) is 12.5. The molecular formula is C20H26N2O5S. The fourth-order valence-corrected chi connectivity index (χ4v) is 4.72. The van der Waals surface area contributed by atoms with Crippen molar-refractivity contribution >= 4 is 16.0 Å². The van der Waals surface area contributed by atoms with E-state index in [1.807, 2.05) is 12.1 Å². The van der Waals surface area contributed by atoms with Crippen molar-refractivity contribution in [2.75, 3.05) is 13.1 Å². The van der Waals surface area contributed by atoms with Crippen molar-refractivity contribution in [1.29, 1.82) is 0 Å². The van der Waals surface area contributed by atoms with E-state index in [0.29, 0.717) is 48.2 Å². The predicted molar refractivity (Wildman–Crippen MR) is 103 cm³/mol. The van der Waals surface area contributed by atoms with Crippen molar-refractivity contribution in [3.8, 4) is 0 Å². The minimum Gasteiger partial charge on any atom is -0.459 e. The van der Waals surface area contributed by atoms with Gasteiger partial charge in [-0.15, -0.1) is 0 Å². The summed E-state index contributed by atoms with van der Waals surface area (Å²) in [5.41, 5.74) is 1.67. The highest BCUT2D eigenvalue weighted by molar-refractivity contribution is 7.89. The molecule has 0 unspecified atom stereocenters. The summed E-state index contributed by atoms with van der Waals surface area (Å²) in [6.07, 6.45) is 0.889. The Bertz CT molecular complexity index is 910. The molecule has 0 N–H and O–H groups in total. The average Bonchev–Trinajstić information content (AvgIpc) is 3.11. The van der Waals surface area contributed by atoms with E-state index in [2.05, 4.69) is 19.0 Å². The molecule has 0 aliphatic carbocycles. The molecule has 152 valence electrons. The zero-order valence-electron chi connectivity index (χ0n) is 16.4. The molecular weight excluding hydrogens is 380 g/mol. The molecule has 1 fully saturated rings. The van der Waals surface area contributed by atoms with E-state index in [0.717, 1.165) is 5.56 Å². The van der Waals surface area contributed by atoms with Gasteiger partial charge < -0.3 is 9.26 Å². The lowest BCUT2D eigenvalue weighted by atomic mass is 9.98. The Morgan fingerprint density at radius 1 is 1.25 bits per heavy atom. The van der Waals surface area contributed by atoms with Crippen LogP contribution in [0, 0.1) is 12.8 Å². The molecule has 2 heterocycles. The number of rotatable bonds is 6. The maximum absolute atomic E-state index is 12.8. The minimum absolute atomic E-state index is 0.0664. The Balaban J connectivity index is 1.55. The average molecular weight is 407 g/mol. The van der Waals surface area contributed by atoms with Crippen molar-refractivity contribution < 1.29 is 22.5 Å². The SMILES string of the molecule is Cc1cc(COC(=O)C2CCN(S(=O)(=O)c3ccc(C(C)C)cc3)CC2)no1. The molecule has 0 saturated carbocycles. The number of aromatic nitrogens is 1. The van der Waals surface area contributed by atoms with E-state index in [-0.39, 0.29) is 18.5 Å². The van der Waals surface area contributed by atoms with Crippen molar-refractivity contribution in [2.45, 2.75) is 51.0 Å². The lowest BCUT2D eigenvalue weighted by molar-refractivity contribution is -0.151. The molecule has 7 nitrogen and oxygen atoms in total. The van der Waals surface area contributed by atoms with E-state index in [1.165, 1.54) is 4.31 Å². The second kappa shape index (κ2) is 8.45. The second-order valence-electron chi connectivity index (χ2n) is 7.44. The van der Waals surface area contributed by atoms with Gasteiger partial charge in [0.15, 0.2) is 0 Å². The summed E-state index contributed by atoms with van der Waals surface area (Å²) < 4.78 is 37.4. The molecule has 1 aliphatic rings. The van der Waals surface area contributed by atoms with Crippen LogP contribution in [0.25, 0.3) is 0 Å². The van der Waals surface area contributed by atoms with Gasteiger partial charge in [-0.25, -0.2) is 8.42 Å². The van der Waals surface area contributed by atoms with Gasteiger partial charge in [-0.3, -0.25) is 4.79 Å². The first-order valence-electron chi connectivity index (χ1n) is 9.46. The summed E-state index contributed by atoms with van der Waals surface area (Å²) in [6.45, 7) is 6.57. The molecule has 0 spiro atoms. The van der Waals surface area contributed by atoms with Gasteiger partial charge in [-0.2, -0.15) is 4.31 Å². The number of esters is 1. The van der Waals surface area contributed by atoms with Gasteiger partial charge in [0.05, 0.1) is 10.8 Å². The molecule has 0 amide bonds. The van der Waals surface area contributed by atoms with E-state index in [1.54, 1.807) is 25.1 Å². The maximum atomic E-state index is 12.8. The monoisotopic (exact) mass is 406 g/mol. The van der Waals surface area contributed by atoms with E-state index in [9.17, 15) is 13.2 Å². The van der Waals surface area contributed by atoms with E-state index < -0.39 is 10.0 Å². The Morgan fingerprint density at radius 2 is 1.89 bits per heavy atom. The molecule has 0 bridgehead atoms. The first-order valence-corrected chi connectivity index (χ1v) is 10.9. The Hall–Kier alpha value is -2.19. The maximum Gasteiger partial charge on any atom is 0.309 e. The largest absolute Gasteiger partial charge is 0.459 e. The molecule has 8 heteroatoms. The van der Waals surface area contributed by atoms with Crippen LogP contribution in [0.1, 0.15) is 49.6 Å².